The second-order valence-electron chi connectivity index (χ2n) is 3.67. The number of hydrogen-bond acceptors (Lipinski definition) is 3. The highest BCUT2D eigenvalue weighted by atomic mass is 79.9. The first-order valence-corrected chi connectivity index (χ1v) is 9.30. The zero-order chi connectivity index (χ0) is 12.8. The molecule has 0 atom stereocenters. The minimum absolute atomic E-state index is 1.13. The summed E-state index contributed by atoms with van der Waals surface area (Å²) in [7, 11) is 0. The normalized spacial score (nSPS) is 10.1. The molecule has 0 radical (unpaired) electrons. The second kappa shape index (κ2) is 7.40. The van der Waals surface area contributed by atoms with Crippen LogP contribution in [0.1, 0.15) is 29.5 Å². The van der Waals surface area contributed by atoms with Crippen molar-refractivity contribution >= 4 is 50.4 Å². The number of thioether (sulfide) groups is 1. The maximum atomic E-state index is 3.61. The van der Waals surface area contributed by atoms with Gasteiger partial charge in [0.05, 0.1) is 9.75 Å². The lowest BCUT2D eigenvalue weighted by Gasteiger charge is -1.99. The summed E-state index contributed by atoms with van der Waals surface area (Å²) in [5.74, 6) is 7.69. The van der Waals surface area contributed by atoms with Crippen molar-refractivity contribution in [2.24, 2.45) is 0 Å². The molecule has 0 aromatic carbocycles. The summed E-state index contributed by atoms with van der Waals surface area (Å²) in [4.78, 5) is 3.61. The molecule has 0 aliphatic heterocycles. The van der Waals surface area contributed by atoms with E-state index in [0.717, 1.165) is 4.88 Å². The van der Waals surface area contributed by atoms with Crippen LogP contribution in [0.5, 0.6) is 0 Å². The van der Waals surface area contributed by atoms with Gasteiger partial charge >= 0.3 is 0 Å². The number of thiophene rings is 2. The Balaban J connectivity index is 2.13. The van der Waals surface area contributed by atoms with Gasteiger partial charge in [0.2, 0.25) is 0 Å². The van der Waals surface area contributed by atoms with Crippen LogP contribution >= 0.6 is 50.4 Å². The van der Waals surface area contributed by atoms with Gasteiger partial charge in [-0.05, 0) is 51.4 Å². The van der Waals surface area contributed by atoms with Crippen LogP contribution in [0.15, 0.2) is 32.3 Å². The monoisotopic (exact) mass is 356 g/mol. The molecule has 2 heterocycles. The molecule has 2 aromatic rings. The van der Waals surface area contributed by atoms with E-state index in [2.05, 4.69) is 51.5 Å². The van der Waals surface area contributed by atoms with Gasteiger partial charge in [0, 0.05) is 14.7 Å². The van der Waals surface area contributed by atoms with Crippen LogP contribution in [-0.2, 0) is 0 Å². The lowest BCUT2D eigenvalue weighted by Crippen LogP contribution is -1.79. The highest BCUT2D eigenvalue weighted by molar-refractivity contribution is 9.10. The van der Waals surface area contributed by atoms with E-state index in [4.69, 9.17) is 0 Å². The summed E-state index contributed by atoms with van der Waals surface area (Å²) >= 11 is 8.93. The average molecular weight is 357 g/mol. The molecule has 0 amide bonds. The predicted molar refractivity (Wildman–Crippen MR) is 88.0 cm³/mol. The summed E-state index contributed by atoms with van der Waals surface area (Å²) < 4.78 is 1.18. The molecule has 2 rings (SSSR count). The van der Waals surface area contributed by atoms with E-state index < -0.39 is 0 Å². The highest BCUT2D eigenvalue weighted by Crippen LogP contribution is 2.36. The summed E-state index contributed by atoms with van der Waals surface area (Å²) in [6.45, 7) is 2.22. The van der Waals surface area contributed by atoms with E-state index >= 15 is 0 Å². The highest BCUT2D eigenvalue weighted by Gasteiger charge is 2.08. The molecule has 94 valence electrons. The number of rotatable bonds is 4. The quantitative estimate of drug-likeness (QED) is 0.375. The van der Waals surface area contributed by atoms with Crippen molar-refractivity contribution in [3.8, 4) is 11.8 Å². The standard InChI is InChI=1S/C14H13BrS3/c1-2-3-8-17-14-12(15)10-18-13(14)7-6-11-5-4-9-16-11/h4-5,9-10H,2-3,8H2,1H3. The topological polar surface area (TPSA) is 0 Å². The van der Waals surface area contributed by atoms with Gasteiger partial charge in [-0.1, -0.05) is 19.4 Å². The van der Waals surface area contributed by atoms with Gasteiger partial charge in [0.1, 0.15) is 0 Å². The van der Waals surface area contributed by atoms with Crippen LogP contribution in [0.4, 0.5) is 0 Å². The number of hydrogen-bond donors (Lipinski definition) is 0. The molecule has 0 nitrogen and oxygen atoms in total. The van der Waals surface area contributed by atoms with Crippen molar-refractivity contribution in [1.29, 1.82) is 0 Å². The first-order chi connectivity index (χ1) is 8.81. The Bertz CT molecular complexity index is 543. The summed E-state index contributed by atoms with van der Waals surface area (Å²) in [6.07, 6.45) is 2.50. The van der Waals surface area contributed by atoms with Crippen LogP contribution in [-0.4, -0.2) is 5.75 Å². The zero-order valence-electron chi connectivity index (χ0n) is 10.0. The van der Waals surface area contributed by atoms with E-state index in [1.54, 1.807) is 22.7 Å². The Labute approximate surface area is 129 Å². The first kappa shape index (κ1) is 14.2. The molecule has 0 aliphatic rings. The van der Waals surface area contributed by atoms with Crippen molar-refractivity contribution < 1.29 is 0 Å². The molecule has 0 N–H and O–H groups in total. The third-order valence-electron chi connectivity index (χ3n) is 2.27. The number of unbranched alkanes of at least 4 members (excludes halogenated alkanes) is 1. The Kier molecular flexibility index (Phi) is 5.84. The Hall–Kier alpha value is -0.210. The molecule has 0 aliphatic carbocycles. The molecule has 0 fully saturated rings. The van der Waals surface area contributed by atoms with Gasteiger partial charge < -0.3 is 0 Å². The Morgan fingerprint density at radius 2 is 2.22 bits per heavy atom. The third kappa shape index (κ3) is 3.89. The molecular formula is C14H13BrS3. The summed E-state index contributed by atoms with van der Waals surface area (Å²) in [5, 5.41) is 4.19. The van der Waals surface area contributed by atoms with Crippen LogP contribution < -0.4 is 0 Å². The van der Waals surface area contributed by atoms with Crippen molar-refractivity contribution in [2.45, 2.75) is 24.7 Å². The van der Waals surface area contributed by atoms with E-state index in [9.17, 15) is 0 Å². The van der Waals surface area contributed by atoms with E-state index in [1.165, 1.54) is 32.8 Å². The minimum atomic E-state index is 1.13. The summed E-state index contributed by atoms with van der Waals surface area (Å²) in [6, 6.07) is 4.10. The molecule has 18 heavy (non-hydrogen) atoms. The zero-order valence-corrected chi connectivity index (χ0v) is 14.1. The predicted octanol–water partition coefficient (Wildman–Crippen LogP) is 5.86. The van der Waals surface area contributed by atoms with Gasteiger partial charge in [-0.25, -0.2) is 0 Å². The van der Waals surface area contributed by atoms with Crippen molar-refractivity contribution in [3.05, 3.63) is 37.1 Å². The number of halogens is 1. The van der Waals surface area contributed by atoms with Crippen LogP contribution in [0.3, 0.4) is 0 Å². The van der Waals surface area contributed by atoms with Crippen LogP contribution in [0.2, 0.25) is 0 Å². The van der Waals surface area contributed by atoms with E-state index in [-0.39, 0.29) is 0 Å². The molecule has 2 aromatic heterocycles. The average Bonchev–Trinajstić information content (AvgIpc) is 2.99. The molecule has 0 bridgehead atoms. The molecule has 0 saturated heterocycles. The van der Waals surface area contributed by atoms with Gasteiger partial charge in [-0.15, -0.1) is 34.4 Å². The molecule has 0 spiro atoms. The fourth-order valence-corrected chi connectivity index (χ4v) is 4.94. The van der Waals surface area contributed by atoms with Crippen molar-refractivity contribution in [3.63, 3.8) is 0 Å². The van der Waals surface area contributed by atoms with E-state index in [1.807, 2.05) is 17.8 Å². The second-order valence-corrected chi connectivity index (χ2v) is 7.46. The lowest BCUT2D eigenvalue weighted by atomic mass is 10.4. The Morgan fingerprint density at radius 1 is 1.33 bits per heavy atom. The lowest BCUT2D eigenvalue weighted by molar-refractivity contribution is 0.896. The van der Waals surface area contributed by atoms with Crippen molar-refractivity contribution in [1.82, 2.24) is 0 Å². The molecular weight excluding hydrogens is 344 g/mol. The third-order valence-corrected chi connectivity index (χ3v) is 6.47. The molecule has 4 heteroatoms. The van der Waals surface area contributed by atoms with E-state index in [0.29, 0.717) is 0 Å². The van der Waals surface area contributed by atoms with Gasteiger partial charge in [-0.2, -0.15) is 0 Å². The fourth-order valence-electron chi connectivity index (χ4n) is 1.33. The minimum Gasteiger partial charge on any atom is -0.135 e. The van der Waals surface area contributed by atoms with Crippen LogP contribution in [0, 0.1) is 11.8 Å². The van der Waals surface area contributed by atoms with Gasteiger partial charge in [0.15, 0.2) is 0 Å². The smallest absolute Gasteiger partial charge is 0.0919 e. The van der Waals surface area contributed by atoms with Gasteiger partial charge in [-0.3, -0.25) is 0 Å². The Morgan fingerprint density at radius 3 is 2.94 bits per heavy atom. The molecule has 0 saturated carbocycles. The SMILES string of the molecule is CCCCSc1c(Br)csc1C#Cc1cccs1. The van der Waals surface area contributed by atoms with Crippen LogP contribution in [0.25, 0.3) is 0 Å². The summed E-state index contributed by atoms with van der Waals surface area (Å²) in [5.41, 5.74) is 0. The molecule has 0 unspecified atom stereocenters. The van der Waals surface area contributed by atoms with Gasteiger partial charge in [0.25, 0.3) is 0 Å². The maximum Gasteiger partial charge on any atom is 0.0919 e. The maximum absolute atomic E-state index is 3.61. The van der Waals surface area contributed by atoms with Crippen molar-refractivity contribution in [2.75, 3.05) is 5.75 Å². The first-order valence-electron chi connectivity index (χ1n) is 5.76. The largest absolute Gasteiger partial charge is 0.135 e. The fraction of sp³-hybridized carbons (Fsp3) is 0.286.